The summed E-state index contributed by atoms with van der Waals surface area (Å²) in [7, 11) is 0. The quantitative estimate of drug-likeness (QED) is 0.485. The van der Waals surface area contributed by atoms with Gasteiger partial charge in [-0.1, -0.05) is 84.4 Å². The molecule has 24 heavy (non-hydrogen) atoms. The molecule has 0 saturated heterocycles. The molecule has 0 aliphatic carbocycles. The molecule has 2 nitrogen and oxygen atoms in total. The molecular formula is C21H15ClN2. The van der Waals surface area contributed by atoms with Crippen LogP contribution < -0.4 is 0 Å². The first-order valence-electron chi connectivity index (χ1n) is 7.78. The minimum absolute atomic E-state index is 0.725. The van der Waals surface area contributed by atoms with Crippen molar-refractivity contribution in [2.45, 2.75) is 0 Å². The van der Waals surface area contributed by atoms with Crippen molar-refractivity contribution in [2.24, 2.45) is 0 Å². The van der Waals surface area contributed by atoms with Gasteiger partial charge in [-0.3, -0.25) is 5.10 Å². The smallest absolute Gasteiger partial charge is 0.101 e. The molecule has 0 radical (unpaired) electrons. The highest BCUT2D eigenvalue weighted by Gasteiger charge is 2.17. The zero-order valence-corrected chi connectivity index (χ0v) is 13.7. The average Bonchev–Trinajstić information content (AvgIpc) is 3.09. The summed E-state index contributed by atoms with van der Waals surface area (Å²) in [6.07, 6.45) is 0. The van der Waals surface area contributed by atoms with Gasteiger partial charge in [0, 0.05) is 21.7 Å². The van der Waals surface area contributed by atoms with Crippen LogP contribution >= 0.6 is 11.6 Å². The van der Waals surface area contributed by atoms with E-state index in [1.807, 2.05) is 60.7 Å². The number of hydrogen-bond donors (Lipinski definition) is 1. The second kappa shape index (κ2) is 6.34. The van der Waals surface area contributed by atoms with Gasteiger partial charge in [-0.05, 0) is 17.7 Å². The van der Waals surface area contributed by atoms with Gasteiger partial charge in [0.25, 0.3) is 0 Å². The van der Waals surface area contributed by atoms with Crippen LogP contribution in [0.3, 0.4) is 0 Å². The van der Waals surface area contributed by atoms with E-state index >= 15 is 0 Å². The Labute approximate surface area is 145 Å². The van der Waals surface area contributed by atoms with Crippen molar-refractivity contribution in [3.05, 3.63) is 90.0 Å². The molecule has 0 saturated carbocycles. The highest BCUT2D eigenvalue weighted by Crippen LogP contribution is 2.38. The molecule has 0 fully saturated rings. The summed E-state index contributed by atoms with van der Waals surface area (Å²) < 4.78 is 0. The number of benzene rings is 3. The monoisotopic (exact) mass is 330 g/mol. The highest BCUT2D eigenvalue weighted by molar-refractivity contribution is 6.30. The molecule has 4 rings (SSSR count). The Balaban J connectivity index is 1.95. The topological polar surface area (TPSA) is 28.7 Å². The molecule has 0 aliphatic rings. The van der Waals surface area contributed by atoms with Crippen LogP contribution in [0.15, 0.2) is 84.9 Å². The molecule has 1 heterocycles. The third-order valence-electron chi connectivity index (χ3n) is 4.01. The van der Waals surface area contributed by atoms with E-state index < -0.39 is 0 Å². The molecule has 116 valence electrons. The van der Waals surface area contributed by atoms with Crippen LogP contribution in [-0.2, 0) is 0 Å². The summed E-state index contributed by atoms with van der Waals surface area (Å²) in [6, 6.07) is 28.4. The molecule has 0 aliphatic heterocycles. The van der Waals surface area contributed by atoms with Crippen LogP contribution in [0.2, 0.25) is 5.02 Å². The number of aromatic amines is 1. The van der Waals surface area contributed by atoms with E-state index in [0.29, 0.717) is 0 Å². The zero-order chi connectivity index (χ0) is 16.4. The van der Waals surface area contributed by atoms with E-state index in [2.05, 4.69) is 34.5 Å². The second-order valence-corrected chi connectivity index (χ2v) is 6.00. The Morgan fingerprint density at radius 1 is 0.625 bits per heavy atom. The molecule has 0 atom stereocenters. The van der Waals surface area contributed by atoms with Gasteiger partial charge >= 0.3 is 0 Å². The van der Waals surface area contributed by atoms with Crippen molar-refractivity contribution in [2.75, 3.05) is 0 Å². The fourth-order valence-corrected chi connectivity index (χ4v) is 2.98. The second-order valence-electron chi connectivity index (χ2n) is 5.56. The van der Waals surface area contributed by atoms with Gasteiger partial charge in [-0.2, -0.15) is 5.10 Å². The van der Waals surface area contributed by atoms with Gasteiger partial charge in [0.05, 0.1) is 5.69 Å². The first-order valence-corrected chi connectivity index (χ1v) is 8.16. The minimum atomic E-state index is 0.725. The molecule has 3 heteroatoms. The summed E-state index contributed by atoms with van der Waals surface area (Å²) in [5.74, 6) is 0. The molecule has 3 aromatic carbocycles. The van der Waals surface area contributed by atoms with Crippen LogP contribution in [-0.4, -0.2) is 10.2 Å². The Bertz CT molecular complexity index is 942. The summed E-state index contributed by atoms with van der Waals surface area (Å²) in [5, 5.41) is 8.54. The van der Waals surface area contributed by atoms with E-state index in [-0.39, 0.29) is 0 Å². The number of nitrogens with one attached hydrogen (secondary N) is 1. The van der Waals surface area contributed by atoms with Gasteiger partial charge in [0.2, 0.25) is 0 Å². The number of nitrogens with zero attached hydrogens (tertiary/aromatic N) is 1. The minimum Gasteiger partial charge on any atom is -0.277 e. The molecule has 1 aromatic heterocycles. The number of rotatable bonds is 3. The fourth-order valence-electron chi connectivity index (χ4n) is 2.86. The van der Waals surface area contributed by atoms with Crippen LogP contribution in [0.5, 0.6) is 0 Å². The molecule has 0 unspecified atom stereocenters. The predicted octanol–water partition coefficient (Wildman–Crippen LogP) is 6.06. The van der Waals surface area contributed by atoms with Crippen molar-refractivity contribution in [1.82, 2.24) is 10.2 Å². The Morgan fingerprint density at radius 2 is 1.21 bits per heavy atom. The van der Waals surface area contributed by atoms with Crippen LogP contribution in [0.4, 0.5) is 0 Å². The summed E-state index contributed by atoms with van der Waals surface area (Å²) in [4.78, 5) is 0. The van der Waals surface area contributed by atoms with Crippen molar-refractivity contribution in [1.29, 1.82) is 0 Å². The maximum Gasteiger partial charge on any atom is 0.101 e. The van der Waals surface area contributed by atoms with Gasteiger partial charge < -0.3 is 0 Å². The number of halogens is 1. The Hall–Kier alpha value is -2.84. The zero-order valence-electron chi connectivity index (χ0n) is 12.9. The van der Waals surface area contributed by atoms with Crippen molar-refractivity contribution in [3.63, 3.8) is 0 Å². The fraction of sp³-hybridized carbons (Fsp3) is 0. The summed E-state index contributed by atoms with van der Waals surface area (Å²) in [6.45, 7) is 0. The molecule has 0 bridgehead atoms. The first-order chi connectivity index (χ1) is 11.8. The Kier molecular flexibility index (Phi) is 3.89. The lowest BCUT2D eigenvalue weighted by Gasteiger charge is -2.07. The molecule has 0 spiro atoms. The lowest BCUT2D eigenvalue weighted by atomic mass is 9.96. The van der Waals surface area contributed by atoms with Crippen LogP contribution in [0.25, 0.3) is 33.6 Å². The van der Waals surface area contributed by atoms with Crippen molar-refractivity contribution >= 4 is 11.6 Å². The molecule has 1 N–H and O–H groups in total. The van der Waals surface area contributed by atoms with Crippen LogP contribution in [0, 0.1) is 0 Å². The summed E-state index contributed by atoms with van der Waals surface area (Å²) >= 11 is 6.03. The molecule has 4 aromatic rings. The highest BCUT2D eigenvalue weighted by atomic mass is 35.5. The Morgan fingerprint density at radius 3 is 1.83 bits per heavy atom. The first kappa shape index (κ1) is 14.7. The number of H-pyrrole nitrogens is 1. The average molecular weight is 331 g/mol. The normalized spacial score (nSPS) is 10.7. The van der Waals surface area contributed by atoms with Gasteiger partial charge in [-0.25, -0.2) is 0 Å². The number of aromatic nitrogens is 2. The van der Waals surface area contributed by atoms with E-state index in [1.165, 1.54) is 0 Å². The predicted molar refractivity (Wildman–Crippen MR) is 99.9 cm³/mol. The van der Waals surface area contributed by atoms with Crippen molar-refractivity contribution < 1.29 is 0 Å². The number of hydrogen-bond acceptors (Lipinski definition) is 1. The van der Waals surface area contributed by atoms with Crippen LogP contribution in [0.1, 0.15) is 0 Å². The van der Waals surface area contributed by atoms with E-state index in [0.717, 1.165) is 38.7 Å². The van der Waals surface area contributed by atoms with Gasteiger partial charge in [-0.15, -0.1) is 0 Å². The van der Waals surface area contributed by atoms with E-state index in [9.17, 15) is 0 Å². The van der Waals surface area contributed by atoms with Gasteiger partial charge in [0.1, 0.15) is 5.69 Å². The SMILES string of the molecule is Clc1ccc(-c2[nH]nc(-c3ccccc3)c2-c2ccccc2)cc1. The van der Waals surface area contributed by atoms with E-state index in [1.54, 1.807) is 0 Å². The maximum atomic E-state index is 6.03. The third-order valence-corrected chi connectivity index (χ3v) is 4.26. The summed E-state index contributed by atoms with van der Waals surface area (Å²) in [5.41, 5.74) is 6.34. The lowest BCUT2D eigenvalue weighted by Crippen LogP contribution is -1.85. The van der Waals surface area contributed by atoms with E-state index in [4.69, 9.17) is 11.6 Å². The lowest BCUT2D eigenvalue weighted by molar-refractivity contribution is 1.10. The maximum absolute atomic E-state index is 6.03. The largest absolute Gasteiger partial charge is 0.277 e. The molecular weight excluding hydrogens is 316 g/mol. The van der Waals surface area contributed by atoms with Crippen molar-refractivity contribution in [3.8, 4) is 33.6 Å². The standard InChI is InChI=1S/C21H15ClN2/c22-18-13-11-17(12-14-18)21-19(15-7-3-1-4-8-15)20(23-24-21)16-9-5-2-6-10-16/h1-14H,(H,23,24). The molecule has 0 amide bonds. The third kappa shape index (κ3) is 2.72. The van der Waals surface area contributed by atoms with Gasteiger partial charge in [0.15, 0.2) is 0 Å².